The number of halogens is 1. The minimum atomic E-state index is 0.211. The molecule has 0 amide bonds. The summed E-state index contributed by atoms with van der Waals surface area (Å²) in [6, 6.07) is 8.37. The molecule has 1 atom stereocenters. The van der Waals surface area contributed by atoms with E-state index in [1.165, 1.54) is 15.3 Å². The summed E-state index contributed by atoms with van der Waals surface area (Å²) in [7, 11) is 0. The zero-order valence-electron chi connectivity index (χ0n) is 11.7. The van der Waals surface area contributed by atoms with Crippen LogP contribution < -0.4 is 11.1 Å². The van der Waals surface area contributed by atoms with Crippen LogP contribution in [-0.4, -0.2) is 4.99 Å². The zero-order chi connectivity index (χ0) is 14.9. The molecule has 20 heavy (non-hydrogen) atoms. The molecule has 1 aromatic heterocycles. The molecule has 5 heteroatoms. The molecule has 0 bridgehead atoms. The van der Waals surface area contributed by atoms with E-state index in [1.54, 1.807) is 0 Å². The molecule has 2 rings (SSSR count). The van der Waals surface area contributed by atoms with Gasteiger partial charge in [-0.25, -0.2) is 0 Å². The van der Waals surface area contributed by atoms with Crippen LogP contribution in [0.3, 0.4) is 0 Å². The topological polar surface area (TPSA) is 38.0 Å². The van der Waals surface area contributed by atoms with E-state index in [9.17, 15) is 0 Å². The van der Waals surface area contributed by atoms with Gasteiger partial charge >= 0.3 is 0 Å². The molecule has 2 nitrogen and oxygen atoms in total. The molecule has 1 unspecified atom stereocenters. The van der Waals surface area contributed by atoms with Crippen molar-refractivity contribution in [2.24, 2.45) is 5.73 Å². The Morgan fingerprint density at radius 3 is 2.65 bits per heavy atom. The van der Waals surface area contributed by atoms with Crippen molar-refractivity contribution in [3.63, 3.8) is 0 Å². The number of nitrogens with one attached hydrogen (secondary N) is 1. The van der Waals surface area contributed by atoms with Gasteiger partial charge in [0.05, 0.1) is 0 Å². The molecule has 1 heterocycles. The molecule has 0 aliphatic heterocycles. The molecular formula is C15H17BrN2S2. The lowest BCUT2D eigenvalue weighted by Gasteiger charge is -2.18. The first kappa shape index (κ1) is 15.5. The molecule has 3 N–H and O–H groups in total. The number of hydrogen-bond donors (Lipinski definition) is 2. The Balaban J connectivity index is 2.33. The normalized spacial score (nSPS) is 12.2. The summed E-state index contributed by atoms with van der Waals surface area (Å²) in [6.07, 6.45) is 0. The average molecular weight is 369 g/mol. The molecule has 0 spiro atoms. The fourth-order valence-corrected chi connectivity index (χ4v) is 4.24. The molecule has 0 saturated carbocycles. The van der Waals surface area contributed by atoms with E-state index in [-0.39, 0.29) is 6.04 Å². The molecular weight excluding hydrogens is 352 g/mol. The van der Waals surface area contributed by atoms with Crippen LogP contribution in [0.5, 0.6) is 0 Å². The molecule has 0 fully saturated rings. The first-order chi connectivity index (χ1) is 9.40. The van der Waals surface area contributed by atoms with Crippen LogP contribution in [0.15, 0.2) is 28.7 Å². The van der Waals surface area contributed by atoms with Gasteiger partial charge in [0, 0.05) is 31.5 Å². The van der Waals surface area contributed by atoms with E-state index in [4.69, 9.17) is 18.0 Å². The summed E-state index contributed by atoms with van der Waals surface area (Å²) in [5.41, 5.74) is 8.97. The van der Waals surface area contributed by atoms with Crippen molar-refractivity contribution in [3.05, 3.63) is 49.6 Å². The highest BCUT2D eigenvalue weighted by Gasteiger charge is 2.15. The average Bonchev–Trinajstić information content (AvgIpc) is 2.68. The Morgan fingerprint density at radius 1 is 1.40 bits per heavy atom. The van der Waals surface area contributed by atoms with Gasteiger partial charge in [-0.3, -0.25) is 0 Å². The van der Waals surface area contributed by atoms with Crippen LogP contribution in [0.4, 0.5) is 5.69 Å². The monoisotopic (exact) mass is 368 g/mol. The summed E-state index contributed by atoms with van der Waals surface area (Å²) in [5.74, 6) is 0. The van der Waals surface area contributed by atoms with Gasteiger partial charge in [-0.15, -0.1) is 11.3 Å². The van der Waals surface area contributed by atoms with Gasteiger partial charge in [-0.05, 0) is 60.5 Å². The highest BCUT2D eigenvalue weighted by molar-refractivity contribution is 9.10. The van der Waals surface area contributed by atoms with Crippen LogP contribution in [-0.2, 0) is 0 Å². The second-order valence-corrected chi connectivity index (χ2v) is 7.52. The Bertz CT molecular complexity index is 649. The zero-order valence-corrected chi connectivity index (χ0v) is 14.9. The Hall–Kier alpha value is -0.910. The number of aryl methyl sites for hydroxylation is 2. The van der Waals surface area contributed by atoms with Crippen molar-refractivity contribution >= 4 is 50.2 Å². The van der Waals surface area contributed by atoms with Gasteiger partial charge in [-0.1, -0.05) is 18.3 Å². The van der Waals surface area contributed by atoms with Crippen molar-refractivity contribution in [3.8, 4) is 0 Å². The maximum Gasteiger partial charge on any atom is 0.107 e. The highest BCUT2D eigenvalue weighted by atomic mass is 79.9. The molecule has 0 aliphatic carbocycles. The lowest BCUT2D eigenvalue weighted by atomic mass is 10.1. The van der Waals surface area contributed by atoms with E-state index >= 15 is 0 Å². The van der Waals surface area contributed by atoms with Crippen LogP contribution >= 0.6 is 39.5 Å². The first-order valence-corrected chi connectivity index (χ1v) is 8.33. The summed E-state index contributed by atoms with van der Waals surface area (Å²) in [4.78, 5) is 3.06. The van der Waals surface area contributed by atoms with Crippen molar-refractivity contribution in [2.75, 3.05) is 5.32 Å². The number of anilines is 1. The van der Waals surface area contributed by atoms with Gasteiger partial charge in [-0.2, -0.15) is 0 Å². The van der Waals surface area contributed by atoms with Crippen LogP contribution in [0.2, 0.25) is 0 Å². The number of thiophene rings is 1. The minimum Gasteiger partial charge on any atom is -0.389 e. The molecule has 0 radical (unpaired) electrons. The first-order valence-electron chi connectivity index (χ1n) is 6.32. The Labute approximate surface area is 137 Å². The number of nitrogens with two attached hydrogens (primary N) is 1. The third-order valence-corrected chi connectivity index (χ3v) is 5.02. The minimum absolute atomic E-state index is 0.211. The summed E-state index contributed by atoms with van der Waals surface area (Å²) >= 11 is 10.5. The van der Waals surface area contributed by atoms with Crippen LogP contribution in [0.1, 0.15) is 33.8 Å². The number of rotatable bonds is 4. The Morgan fingerprint density at radius 2 is 2.10 bits per heavy atom. The molecule has 1 aromatic carbocycles. The van der Waals surface area contributed by atoms with E-state index in [0.29, 0.717) is 4.99 Å². The molecule has 0 aliphatic rings. The molecule has 0 saturated heterocycles. The maximum atomic E-state index is 5.83. The highest BCUT2D eigenvalue weighted by Crippen LogP contribution is 2.31. The SMILES string of the molecule is Cc1cc(C(C)Nc2cccc(Br)c2C(N)=S)c(C)s1. The van der Waals surface area contributed by atoms with Gasteiger partial charge in [0.1, 0.15) is 4.99 Å². The second kappa shape index (κ2) is 6.24. The van der Waals surface area contributed by atoms with E-state index in [2.05, 4.69) is 48.1 Å². The fraction of sp³-hybridized carbons (Fsp3) is 0.267. The van der Waals surface area contributed by atoms with Crippen molar-refractivity contribution in [2.45, 2.75) is 26.8 Å². The standard InChI is InChI=1S/C15H17BrN2S2/c1-8-7-11(10(3)20-8)9(2)18-13-6-4-5-12(16)14(13)15(17)19/h4-7,9,18H,1-3H3,(H2,17,19). The lowest BCUT2D eigenvalue weighted by molar-refractivity contribution is 0.881. The van der Waals surface area contributed by atoms with Crippen molar-refractivity contribution in [1.29, 1.82) is 0 Å². The summed E-state index contributed by atoms with van der Waals surface area (Å²) in [5, 5.41) is 3.51. The lowest BCUT2D eigenvalue weighted by Crippen LogP contribution is -2.15. The molecule has 2 aromatic rings. The van der Waals surface area contributed by atoms with E-state index in [1.807, 2.05) is 29.5 Å². The predicted molar refractivity (Wildman–Crippen MR) is 95.9 cm³/mol. The summed E-state index contributed by atoms with van der Waals surface area (Å²) in [6.45, 7) is 6.44. The number of thiocarbonyl (C=S) groups is 1. The smallest absolute Gasteiger partial charge is 0.107 e. The maximum absolute atomic E-state index is 5.83. The van der Waals surface area contributed by atoms with Crippen LogP contribution in [0.25, 0.3) is 0 Å². The quantitative estimate of drug-likeness (QED) is 0.750. The van der Waals surface area contributed by atoms with Gasteiger partial charge < -0.3 is 11.1 Å². The Kier molecular flexibility index (Phi) is 4.83. The number of hydrogen-bond acceptors (Lipinski definition) is 3. The predicted octanol–water partition coefficient (Wildman–Crippen LogP) is 4.93. The van der Waals surface area contributed by atoms with E-state index in [0.717, 1.165) is 15.7 Å². The van der Waals surface area contributed by atoms with Gasteiger partial charge in [0.2, 0.25) is 0 Å². The fourth-order valence-electron chi connectivity index (χ4n) is 2.29. The van der Waals surface area contributed by atoms with Crippen LogP contribution in [0, 0.1) is 13.8 Å². The van der Waals surface area contributed by atoms with E-state index < -0.39 is 0 Å². The van der Waals surface area contributed by atoms with Gasteiger partial charge in [0.15, 0.2) is 0 Å². The number of benzene rings is 1. The third-order valence-electron chi connectivity index (χ3n) is 3.18. The second-order valence-electron chi connectivity index (χ2n) is 4.76. The third kappa shape index (κ3) is 3.22. The largest absolute Gasteiger partial charge is 0.389 e. The van der Waals surface area contributed by atoms with Gasteiger partial charge in [0.25, 0.3) is 0 Å². The summed E-state index contributed by atoms with van der Waals surface area (Å²) < 4.78 is 0.917. The van der Waals surface area contributed by atoms with Crippen molar-refractivity contribution in [1.82, 2.24) is 0 Å². The van der Waals surface area contributed by atoms with Crippen molar-refractivity contribution < 1.29 is 0 Å². The molecule has 106 valence electrons.